The molecule has 0 aliphatic carbocycles. The van der Waals surface area contributed by atoms with Gasteiger partial charge in [0, 0.05) is 31.4 Å². The second kappa shape index (κ2) is 6.46. The van der Waals surface area contributed by atoms with E-state index in [1.54, 1.807) is 5.38 Å². The zero-order valence-corrected chi connectivity index (χ0v) is 12.0. The van der Waals surface area contributed by atoms with Crippen molar-refractivity contribution in [2.45, 2.75) is 0 Å². The van der Waals surface area contributed by atoms with Crippen molar-refractivity contribution in [3.63, 3.8) is 0 Å². The van der Waals surface area contributed by atoms with Crippen LogP contribution in [0.5, 0.6) is 0 Å². The first-order valence-electron chi connectivity index (χ1n) is 5.99. The lowest BCUT2D eigenvalue weighted by molar-refractivity contribution is -0.137. The van der Waals surface area contributed by atoms with Gasteiger partial charge < -0.3 is 14.7 Å². The first-order valence-corrected chi connectivity index (χ1v) is 6.87. The van der Waals surface area contributed by atoms with Crippen LogP contribution in [0.3, 0.4) is 0 Å². The van der Waals surface area contributed by atoms with E-state index in [4.69, 9.17) is 9.84 Å². The first kappa shape index (κ1) is 15.1. The third-order valence-electron chi connectivity index (χ3n) is 2.75. The van der Waals surface area contributed by atoms with Gasteiger partial charge in [0.1, 0.15) is 12.1 Å². The lowest BCUT2D eigenvalue weighted by Gasteiger charge is -2.19. The SMILES string of the molecule is COCCN(CC(=O)O)C(=O)c1cnc2sccn2c1=O. The number of ether oxygens (including phenoxy) is 1. The number of aromatic nitrogens is 2. The molecule has 2 rings (SSSR count). The molecule has 0 aliphatic heterocycles. The average molecular weight is 311 g/mol. The Morgan fingerprint density at radius 1 is 1.52 bits per heavy atom. The van der Waals surface area contributed by atoms with Gasteiger partial charge in [0.15, 0.2) is 4.96 Å². The van der Waals surface area contributed by atoms with Crippen molar-refractivity contribution in [2.24, 2.45) is 0 Å². The Hall–Kier alpha value is -2.26. The minimum atomic E-state index is -1.16. The maximum atomic E-state index is 12.3. The van der Waals surface area contributed by atoms with Crippen molar-refractivity contribution >= 4 is 28.2 Å². The minimum absolute atomic E-state index is 0.0768. The quantitative estimate of drug-likeness (QED) is 0.801. The van der Waals surface area contributed by atoms with Crippen LogP contribution < -0.4 is 5.56 Å². The average Bonchev–Trinajstić information content (AvgIpc) is 2.92. The van der Waals surface area contributed by atoms with Crippen molar-refractivity contribution in [2.75, 3.05) is 26.8 Å². The number of carboxylic acids is 1. The molecule has 0 radical (unpaired) electrons. The highest BCUT2D eigenvalue weighted by molar-refractivity contribution is 7.15. The Labute approximate surface area is 123 Å². The summed E-state index contributed by atoms with van der Waals surface area (Å²) in [6, 6.07) is 0. The molecule has 2 aromatic rings. The maximum absolute atomic E-state index is 12.3. The smallest absolute Gasteiger partial charge is 0.323 e. The van der Waals surface area contributed by atoms with E-state index >= 15 is 0 Å². The number of rotatable bonds is 6. The number of hydrogen-bond donors (Lipinski definition) is 1. The molecule has 0 saturated heterocycles. The van der Waals surface area contributed by atoms with E-state index in [0.717, 1.165) is 4.90 Å². The monoisotopic (exact) mass is 311 g/mol. The fourth-order valence-corrected chi connectivity index (χ4v) is 2.43. The molecule has 1 amide bonds. The molecule has 0 saturated carbocycles. The number of carbonyl (C=O) groups excluding carboxylic acids is 1. The van der Waals surface area contributed by atoms with Crippen LogP contribution in [0.4, 0.5) is 0 Å². The number of fused-ring (bicyclic) bond motifs is 1. The second-order valence-corrected chi connectivity index (χ2v) is 5.02. The third-order valence-corrected chi connectivity index (χ3v) is 3.52. The maximum Gasteiger partial charge on any atom is 0.323 e. The number of thiazole rings is 1. The number of aliphatic carboxylic acids is 1. The lowest BCUT2D eigenvalue weighted by atomic mass is 10.2. The molecule has 2 heterocycles. The summed E-state index contributed by atoms with van der Waals surface area (Å²) >= 11 is 1.27. The highest BCUT2D eigenvalue weighted by Crippen LogP contribution is 2.07. The standard InChI is InChI=1S/C12H13N3O5S/c1-20-4-2-14(7-9(16)17)10(18)8-6-13-12-15(11(8)19)3-5-21-12/h3,5-6H,2,4,7H2,1H3,(H,16,17). The van der Waals surface area contributed by atoms with Crippen LogP contribution in [0, 0.1) is 0 Å². The van der Waals surface area contributed by atoms with Crippen LogP contribution in [-0.2, 0) is 9.53 Å². The molecule has 8 nitrogen and oxygen atoms in total. The van der Waals surface area contributed by atoms with Gasteiger partial charge in [-0.05, 0) is 0 Å². The summed E-state index contributed by atoms with van der Waals surface area (Å²) in [6.07, 6.45) is 2.70. The van der Waals surface area contributed by atoms with Crippen molar-refractivity contribution in [1.29, 1.82) is 0 Å². The van der Waals surface area contributed by atoms with Gasteiger partial charge in [-0.1, -0.05) is 0 Å². The van der Waals surface area contributed by atoms with Gasteiger partial charge in [-0.3, -0.25) is 18.8 Å². The van der Waals surface area contributed by atoms with Crippen LogP contribution in [-0.4, -0.2) is 58.1 Å². The van der Waals surface area contributed by atoms with Crippen LogP contribution in [0.2, 0.25) is 0 Å². The number of amides is 1. The Kier molecular flexibility index (Phi) is 4.66. The Morgan fingerprint density at radius 2 is 2.29 bits per heavy atom. The van der Waals surface area contributed by atoms with E-state index in [2.05, 4.69) is 4.98 Å². The van der Waals surface area contributed by atoms with Crippen LogP contribution in [0.15, 0.2) is 22.6 Å². The highest BCUT2D eigenvalue weighted by Gasteiger charge is 2.22. The van der Waals surface area contributed by atoms with Crippen molar-refractivity contribution in [3.8, 4) is 0 Å². The summed E-state index contributed by atoms with van der Waals surface area (Å²) < 4.78 is 6.10. The van der Waals surface area contributed by atoms with E-state index in [0.29, 0.717) is 4.96 Å². The van der Waals surface area contributed by atoms with Gasteiger partial charge in [0.2, 0.25) is 0 Å². The molecule has 2 aromatic heterocycles. The number of nitrogens with zero attached hydrogens (tertiary/aromatic N) is 3. The normalized spacial score (nSPS) is 10.7. The second-order valence-electron chi connectivity index (χ2n) is 4.15. The van der Waals surface area contributed by atoms with Crippen molar-refractivity contribution in [1.82, 2.24) is 14.3 Å². The van der Waals surface area contributed by atoms with Gasteiger partial charge in [-0.15, -0.1) is 11.3 Å². The van der Waals surface area contributed by atoms with Gasteiger partial charge >= 0.3 is 5.97 Å². The van der Waals surface area contributed by atoms with E-state index in [-0.39, 0.29) is 18.7 Å². The largest absolute Gasteiger partial charge is 0.480 e. The molecule has 9 heteroatoms. The van der Waals surface area contributed by atoms with Crippen molar-refractivity contribution in [3.05, 3.63) is 33.7 Å². The summed E-state index contributed by atoms with van der Waals surface area (Å²) in [5, 5.41) is 10.5. The summed E-state index contributed by atoms with van der Waals surface area (Å²) in [7, 11) is 1.44. The topological polar surface area (TPSA) is 101 Å². The van der Waals surface area contributed by atoms with Crippen LogP contribution in [0.1, 0.15) is 10.4 Å². The Morgan fingerprint density at radius 3 is 2.95 bits per heavy atom. The Bertz CT molecular complexity index is 723. The highest BCUT2D eigenvalue weighted by atomic mass is 32.1. The molecule has 112 valence electrons. The predicted octanol–water partition coefficient (Wildman–Crippen LogP) is -0.0708. The third kappa shape index (κ3) is 3.26. The molecule has 1 N–H and O–H groups in total. The summed E-state index contributed by atoms with van der Waals surface area (Å²) in [6.45, 7) is -0.254. The molecule has 0 aromatic carbocycles. The number of carboxylic acid groups (broad SMARTS) is 1. The molecule has 0 fully saturated rings. The molecular formula is C12H13N3O5S. The number of methoxy groups -OCH3 is 1. The first-order chi connectivity index (χ1) is 10.0. The lowest BCUT2D eigenvalue weighted by Crippen LogP contribution is -2.40. The molecular weight excluding hydrogens is 298 g/mol. The molecule has 21 heavy (non-hydrogen) atoms. The van der Waals surface area contributed by atoms with E-state index in [1.807, 2.05) is 0 Å². The minimum Gasteiger partial charge on any atom is -0.480 e. The Balaban J connectivity index is 2.35. The fourth-order valence-electron chi connectivity index (χ4n) is 1.76. The molecule has 0 unspecified atom stereocenters. The van der Waals surface area contributed by atoms with E-state index in [1.165, 1.54) is 35.2 Å². The van der Waals surface area contributed by atoms with Crippen LogP contribution in [0.25, 0.3) is 4.96 Å². The van der Waals surface area contributed by atoms with Crippen molar-refractivity contribution < 1.29 is 19.4 Å². The molecule has 0 atom stereocenters. The van der Waals surface area contributed by atoms with Gasteiger partial charge in [-0.25, -0.2) is 4.98 Å². The van der Waals surface area contributed by atoms with Gasteiger partial charge in [-0.2, -0.15) is 0 Å². The summed E-state index contributed by atoms with van der Waals surface area (Å²) in [4.78, 5) is 40.9. The van der Waals surface area contributed by atoms with Crippen LogP contribution >= 0.6 is 11.3 Å². The molecule has 0 aliphatic rings. The van der Waals surface area contributed by atoms with E-state index < -0.39 is 24.0 Å². The number of hydrogen-bond acceptors (Lipinski definition) is 6. The zero-order valence-electron chi connectivity index (χ0n) is 11.2. The summed E-state index contributed by atoms with van der Waals surface area (Å²) in [5.41, 5.74) is -0.678. The van der Waals surface area contributed by atoms with Gasteiger partial charge in [0.05, 0.1) is 6.61 Å². The fraction of sp³-hybridized carbons (Fsp3) is 0.333. The summed E-state index contributed by atoms with van der Waals surface area (Å²) in [5.74, 6) is -1.84. The van der Waals surface area contributed by atoms with E-state index in [9.17, 15) is 14.4 Å². The number of carbonyl (C=O) groups is 2. The zero-order chi connectivity index (χ0) is 15.4. The van der Waals surface area contributed by atoms with Gasteiger partial charge in [0.25, 0.3) is 11.5 Å². The predicted molar refractivity (Wildman–Crippen MR) is 74.8 cm³/mol. The molecule has 0 bridgehead atoms. The molecule has 0 spiro atoms.